The average molecular weight is 543 g/mol. The monoisotopic (exact) mass is 542 g/mol. The number of esters is 1. The lowest BCUT2D eigenvalue weighted by Crippen LogP contribution is -2.56. The molecule has 7 heteroatoms. The minimum absolute atomic E-state index is 0.0232. The van der Waals surface area contributed by atoms with Crippen molar-refractivity contribution in [2.45, 2.75) is 124 Å². The highest BCUT2D eigenvalue weighted by atomic mass is 16.9. The van der Waals surface area contributed by atoms with Crippen LogP contribution in [-0.4, -0.2) is 54.9 Å². The van der Waals surface area contributed by atoms with E-state index in [0.29, 0.717) is 0 Å². The molecule has 3 aliphatic heterocycles. The van der Waals surface area contributed by atoms with Gasteiger partial charge in [-0.2, -0.15) is 0 Å². The van der Waals surface area contributed by atoms with Crippen LogP contribution in [0.5, 0.6) is 0 Å². The third-order valence-corrected chi connectivity index (χ3v) is 7.76. The molecule has 4 aliphatic rings. The molecule has 0 spiro atoms. The molecule has 0 saturated carbocycles. The zero-order valence-electron chi connectivity index (χ0n) is 25.0. The lowest BCUT2D eigenvalue weighted by atomic mass is 9.72. The van der Waals surface area contributed by atoms with Gasteiger partial charge in [-0.1, -0.05) is 55.4 Å². The first-order chi connectivity index (χ1) is 18.2. The second-order valence-corrected chi connectivity index (χ2v) is 12.8. The molecule has 1 aliphatic carbocycles. The van der Waals surface area contributed by atoms with E-state index in [0.717, 1.165) is 11.1 Å². The summed E-state index contributed by atoms with van der Waals surface area (Å²) in [5.74, 6) is -2.03. The van der Waals surface area contributed by atoms with Gasteiger partial charge in [0.1, 0.15) is 31.0 Å². The van der Waals surface area contributed by atoms with Gasteiger partial charge in [0.15, 0.2) is 17.9 Å². The Morgan fingerprint density at radius 1 is 0.923 bits per heavy atom. The fourth-order valence-electron chi connectivity index (χ4n) is 5.90. The molecule has 216 valence electrons. The smallest absolute Gasteiger partial charge is 0.331 e. The zero-order chi connectivity index (χ0) is 28.6. The van der Waals surface area contributed by atoms with Crippen molar-refractivity contribution in [3.8, 4) is 0 Å². The number of rotatable bonds is 7. The number of carbonyl (C=O) groups excluding carboxylic acids is 1. The third kappa shape index (κ3) is 7.39. The van der Waals surface area contributed by atoms with Crippen LogP contribution in [0.2, 0.25) is 0 Å². The molecule has 0 aromatic heterocycles. The van der Waals surface area contributed by atoms with Gasteiger partial charge >= 0.3 is 5.97 Å². The Hall–Kier alpha value is -2.03. The maximum atomic E-state index is 12.6. The van der Waals surface area contributed by atoms with E-state index in [1.165, 1.54) is 36.5 Å². The molecule has 0 aromatic carbocycles. The minimum Gasteiger partial charge on any atom is -0.460 e. The summed E-state index contributed by atoms with van der Waals surface area (Å²) in [4.78, 5) is 12.6. The van der Waals surface area contributed by atoms with Crippen LogP contribution in [-0.2, 0) is 33.2 Å². The molecule has 7 nitrogen and oxygen atoms in total. The van der Waals surface area contributed by atoms with Crippen LogP contribution in [0.4, 0.5) is 0 Å². The minimum atomic E-state index is -0.795. The van der Waals surface area contributed by atoms with Crippen LogP contribution >= 0.6 is 0 Å². The average Bonchev–Trinajstić information content (AvgIpc) is 3.30. The van der Waals surface area contributed by atoms with Crippen molar-refractivity contribution >= 4 is 5.97 Å². The normalized spacial score (nSPS) is 34.0. The maximum absolute atomic E-state index is 12.6. The van der Waals surface area contributed by atoms with E-state index in [1.807, 2.05) is 52.8 Å². The van der Waals surface area contributed by atoms with E-state index in [-0.39, 0.29) is 18.1 Å². The summed E-state index contributed by atoms with van der Waals surface area (Å²) in [7, 11) is 0. The van der Waals surface area contributed by atoms with E-state index in [9.17, 15) is 4.79 Å². The predicted molar refractivity (Wildman–Crippen MR) is 150 cm³/mol. The van der Waals surface area contributed by atoms with Crippen LogP contribution in [0.1, 0.15) is 81.6 Å². The molecule has 4 rings (SSSR count). The summed E-state index contributed by atoms with van der Waals surface area (Å²) in [6, 6.07) is 0. The van der Waals surface area contributed by atoms with E-state index < -0.39 is 42.1 Å². The highest BCUT2D eigenvalue weighted by Gasteiger charge is 2.60. The molecule has 3 saturated heterocycles. The van der Waals surface area contributed by atoms with Crippen LogP contribution in [0.15, 0.2) is 58.7 Å². The van der Waals surface area contributed by atoms with Gasteiger partial charge in [0.2, 0.25) is 0 Å². The van der Waals surface area contributed by atoms with Crippen molar-refractivity contribution in [2.75, 3.05) is 6.61 Å². The summed E-state index contributed by atoms with van der Waals surface area (Å²) in [5, 5.41) is 0. The third-order valence-electron chi connectivity index (χ3n) is 7.76. The molecular formula is C32H46O7. The summed E-state index contributed by atoms with van der Waals surface area (Å²) in [5.41, 5.74) is 5.09. The van der Waals surface area contributed by atoms with Crippen LogP contribution < -0.4 is 0 Å². The number of hydrogen-bond donors (Lipinski definition) is 0. The molecule has 5 atom stereocenters. The Balaban J connectivity index is 1.32. The van der Waals surface area contributed by atoms with Gasteiger partial charge in [-0.3, -0.25) is 0 Å². The van der Waals surface area contributed by atoms with Crippen molar-refractivity contribution in [3.63, 3.8) is 0 Å². The van der Waals surface area contributed by atoms with E-state index in [2.05, 4.69) is 39.8 Å². The fourth-order valence-corrected chi connectivity index (χ4v) is 5.90. The van der Waals surface area contributed by atoms with Gasteiger partial charge < -0.3 is 28.4 Å². The number of allylic oxidation sites excluding steroid dienone is 9. The van der Waals surface area contributed by atoms with E-state index >= 15 is 0 Å². The summed E-state index contributed by atoms with van der Waals surface area (Å²) >= 11 is 0. The van der Waals surface area contributed by atoms with Gasteiger partial charge in [-0.15, -0.1) is 0 Å². The molecular weight excluding hydrogens is 496 g/mol. The van der Waals surface area contributed by atoms with Gasteiger partial charge in [0.05, 0.1) is 0 Å². The van der Waals surface area contributed by atoms with Crippen LogP contribution in [0, 0.1) is 5.41 Å². The standard InChI is InChI=1S/C32H46O7/c1-20(15-16-23-22(3)14-11-17-30(23,4)5)12-10-13-21(2)18-25(33)34-19-24-26-27(37-31(6,7)36-26)28-29(35-24)39-32(8,9)38-28/h10,12-13,15-16,18,24,26-29H,11,14,17,19H2,1-9H3/b13-10+,16-15+,20-12+,21-18+/t24-,26+,27+,28-,29-/m1/s1. The molecule has 0 bridgehead atoms. The lowest BCUT2D eigenvalue weighted by Gasteiger charge is -2.36. The second kappa shape index (κ2) is 11.5. The van der Waals surface area contributed by atoms with Gasteiger partial charge in [-0.05, 0) is 84.3 Å². The Labute approximate surface area is 233 Å². The van der Waals surface area contributed by atoms with E-state index in [4.69, 9.17) is 28.4 Å². The van der Waals surface area contributed by atoms with Crippen LogP contribution in [0.3, 0.4) is 0 Å². The summed E-state index contributed by atoms with van der Waals surface area (Å²) in [6.07, 6.45) is 13.1. The van der Waals surface area contributed by atoms with Crippen molar-refractivity contribution in [1.82, 2.24) is 0 Å². The Morgan fingerprint density at radius 3 is 2.31 bits per heavy atom. The van der Waals surface area contributed by atoms with Crippen molar-refractivity contribution < 1.29 is 33.2 Å². The number of carbonyl (C=O) groups is 1. The van der Waals surface area contributed by atoms with Crippen molar-refractivity contribution in [3.05, 3.63) is 58.7 Å². The molecule has 0 aromatic rings. The van der Waals surface area contributed by atoms with Gasteiger partial charge in [-0.25, -0.2) is 4.79 Å². The molecule has 0 amide bonds. The molecule has 0 unspecified atom stereocenters. The van der Waals surface area contributed by atoms with Crippen molar-refractivity contribution in [1.29, 1.82) is 0 Å². The number of hydrogen-bond acceptors (Lipinski definition) is 7. The van der Waals surface area contributed by atoms with Gasteiger partial charge in [0.25, 0.3) is 0 Å². The van der Waals surface area contributed by atoms with Crippen molar-refractivity contribution in [2.24, 2.45) is 5.41 Å². The first-order valence-corrected chi connectivity index (χ1v) is 14.1. The SMILES string of the molecule is CC1=C(/C=C/C(C)=C/C=C/C(C)=C/C(=O)OC[C@H]2O[C@@H]3OC(C)(C)O[C@@H]3[C@H]3OC(C)(C)O[C@H]32)C(C)(C)CCC1. The zero-order valence-corrected chi connectivity index (χ0v) is 25.0. The predicted octanol–water partition coefficient (Wildman–Crippen LogP) is 6.46. The maximum Gasteiger partial charge on any atom is 0.331 e. The highest BCUT2D eigenvalue weighted by molar-refractivity contribution is 5.83. The molecule has 3 heterocycles. The Kier molecular flexibility index (Phi) is 8.79. The topological polar surface area (TPSA) is 72.5 Å². The lowest BCUT2D eigenvalue weighted by molar-refractivity contribution is -0.242. The summed E-state index contributed by atoms with van der Waals surface area (Å²) in [6.45, 7) is 18.2. The first kappa shape index (κ1) is 29.9. The Morgan fingerprint density at radius 2 is 1.59 bits per heavy atom. The van der Waals surface area contributed by atoms with Gasteiger partial charge in [0, 0.05) is 6.08 Å². The molecule has 0 radical (unpaired) electrons. The molecule has 3 fully saturated rings. The second-order valence-electron chi connectivity index (χ2n) is 12.8. The molecule has 39 heavy (non-hydrogen) atoms. The number of ether oxygens (including phenoxy) is 6. The fraction of sp³-hybridized carbons (Fsp3) is 0.656. The highest BCUT2D eigenvalue weighted by Crippen LogP contribution is 2.44. The summed E-state index contributed by atoms with van der Waals surface area (Å²) < 4.78 is 35.8. The van der Waals surface area contributed by atoms with Crippen LogP contribution in [0.25, 0.3) is 0 Å². The largest absolute Gasteiger partial charge is 0.460 e. The Bertz CT molecular complexity index is 1090. The molecule has 0 N–H and O–H groups in total. The number of fused-ring (bicyclic) bond motifs is 3. The first-order valence-electron chi connectivity index (χ1n) is 14.1. The quantitative estimate of drug-likeness (QED) is 0.208. The van der Waals surface area contributed by atoms with E-state index in [1.54, 1.807) is 0 Å².